The molecule has 2 heterocycles. The highest BCUT2D eigenvalue weighted by atomic mass is 32.1. The van der Waals surface area contributed by atoms with E-state index in [-0.39, 0.29) is 23.6 Å². The van der Waals surface area contributed by atoms with Crippen molar-refractivity contribution in [1.29, 1.82) is 0 Å². The summed E-state index contributed by atoms with van der Waals surface area (Å²) in [6.07, 6.45) is 5.29. The molecule has 2 aromatic carbocycles. The van der Waals surface area contributed by atoms with Crippen LogP contribution in [-0.4, -0.2) is 68.6 Å². The lowest BCUT2D eigenvalue weighted by Crippen LogP contribution is -2.56. The van der Waals surface area contributed by atoms with Gasteiger partial charge in [-0.3, -0.25) is 14.5 Å². The lowest BCUT2D eigenvalue weighted by atomic mass is 9.83. The van der Waals surface area contributed by atoms with Gasteiger partial charge in [0.25, 0.3) is 0 Å². The van der Waals surface area contributed by atoms with Crippen molar-refractivity contribution in [2.45, 2.75) is 70.0 Å². The van der Waals surface area contributed by atoms with Crippen molar-refractivity contribution in [2.75, 3.05) is 13.6 Å². The lowest BCUT2D eigenvalue weighted by Gasteiger charge is -2.35. The molecule has 3 amide bonds. The van der Waals surface area contributed by atoms with Gasteiger partial charge in [-0.25, -0.2) is 9.78 Å². The zero-order valence-electron chi connectivity index (χ0n) is 22.9. The van der Waals surface area contributed by atoms with Gasteiger partial charge in [0.15, 0.2) is 0 Å². The highest BCUT2D eigenvalue weighted by Crippen LogP contribution is 2.39. The number of phenolic OH excluding ortho intramolecular Hbond substituents is 1. The number of carbonyl (C=O) groups excluding carboxylic acids is 2. The largest absolute Gasteiger partial charge is 0.507 e. The van der Waals surface area contributed by atoms with Crippen molar-refractivity contribution < 1.29 is 24.6 Å². The Bertz CT molecular complexity index is 1400. The maximum atomic E-state index is 14.1. The Hall–Kier alpha value is -3.66. The average Bonchev–Trinajstić information content (AvgIpc) is 3.65. The predicted molar refractivity (Wildman–Crippen MR) is 154 cm³/mol. The third-order valence-corrected chi connectivity index (χ3v) is 9.41. The second kappa shape index (κ2) is 11.8. The lowest BCUT2D eigenvalue weighted by molar-refractivity contribution is -0.140. The number of hydrogen-bond donors (Lipinski definition) is 3. The Labute approximate surface area is 237 Å². The third-order valence-electron chi connectivity index (χ3n) is 8.47. The minimum Gasteiger partial charge on any atom is -0.507 e. The fourth-order valence-electron chi connectivity index (χ4n) is 6.00. The van der Waals surface area contributed by atoms with Crippen LogP contribution in [0.4, 0.5) is 4.79 Å². The van der Waals surface area contributed by atoms with E-state index < -0.39 is 24.1 Å². The highest BCUT2D eigenvalue weighted by molar-refractivity contribution is 7.10. The number of aromatic nitrogens is 1. The number of fused-ring (bicyclic) bond motifs is 1. The summed E-state index contributed by atoms with van der Waals surface area (Å²) in [5.41, 5.74) is 1.73. The van der Waals surface area contributed by atoms with Crippen LogP contribution >= 0.6 is 11.3 Å². The second-order valence-electron chi connectivity index (χ2n) is 10.9. The summed E-state index contributed by atoms with van der Waals surface area (Å²) in [5, 5.41) is 27.1. The van der Waals surface area contributed by atoms with Crippen molar-refractivity contribution in [2.24, 2.45) is 5.92 Å². The molecule has 1 aliphatic carbocycles. The number of likely N-dealkylation sites (N-methyl/N-ethyl adjacent to an activating group) is 1. The van der Waals surface area contributed by atoms with Gasteiger partial charge in [-0.2, -0.15) is 0 Å². The Balaban J connectivity index is 1.40. The molecule has 3 aromatic rings. The van der Waals surface area contributed by atoms with Crippen LogP contribution in [0.15, 0.2) is 41.8 Å². The number of amides is 3. The summed E-state index contributed by atoms with van der Waals surface area (Å²) in [6, 6.07) is 9.44. The molecule has 1 saturated carbocycles. The minimum atomic E-state index is -1.19. The number of rotatable bonds is 7. The normalized spacial score (nSPS) is 19.4. The van der Waals surface area contributed by atoms with Crippen LogP contribution in [0.5, 0.6) is 5.75 Å². The fourth-order valence-corrected chi connectivity index (χ4v) is 6.97. The van der Waals surface area contributed by atoms with Gasteiger partial charge in [0, 0.05) is 29.9 Å². The maximum Gasteiger partial charge on any atom is 0.407 e. The Kier molecular flexibility index (Phi) is 8.25. The molecule has 2 fully saturated rings. The van der Waals surface area contributed by atoms with E-state index in [4.69, 9.17) is 4.98 Å². The van der Waals surface area contributed by atoms with Gasteiger partial charge in [0.2, 0.25) is 11.8 Å². The van der Waals surface area contributed by atoms with Crippen molar-refractivity contribution in [3.05, 3.63) is 46.8 Å². The van der Waals surface area contributed by atoms with E-state index in [1.165, 1.54) is 25.3 Å². The summed E-state index contributed by atoms with van der Waals surface area (Å²) < 4.78 is 0. The molecule has 2 aliphatic rings. The van der Waals surface area contributed by atoms with E-state index >= 15 is 0 Å². The van der Waals surface area contributed by atoms with Crippen molar-refractivity contribution in [1.82, 2.24) is 20.1 Å². The number of carboxylic acid groups (broad SMARTS) is 1. The number of phenols is 1. The monoisotopic (exact) mass is 564 g/mol. The van der Waals surface area contributed by atoms with Gasteiger partial charge in [0.05, 0.1) is 11.7 Å². The van der Waals surface area contributed by atoms with Gasteiger partial charge >= 0.3 is 6.09 Å². The molecular weight excluding hydrogens is 528 g/mol. The number of carbonyl (C=O) groups is 3. The zero-order valence-corrected chi connectivity index (χ0v) is 23.7. The molecule has 0 radical (unpaired) electrons. The third kappa shape index (κ3) is 5.50. The van der Waals surface area contributed by atoms with Crippen LogP contribution in [0.2, 0.25) is 0 Å². The molecular formula is C30H36N4O5S. The Morgan fingerprint density at radius 3 is 2.50 bits per heavy atom. The number of thiazole rings is 1. The first kappa shape index (κ1) is 27.9. The maximum absolute atomic E-state index is 14.1. The molecule has 40 heavy (non-hydrogen) atoms. The summed E-state index contributed by atoms with van der Waals surface area (Å²) in [4.78, 5) is 46.4. The molecule has 1 aromatic heterocycles. The van der Waals surface area contributed by atoms with Gasteiger partial charge in [-0.15, -0.1) is 11.3 Å². The van der Waals surface area contributed by atoms with E-state index in [0.29, 0.717) is 6.54 Å². The Morgan fingerprint density at radius 1 is 1.05 bits per heavy atom. The number of hydrogen-bond acceptors (Lipinski definition) is 6. The van der Waals surface area contributed by atoms with E-state index in [9.17, 15) is 24.6 Å². The first-order chi connectivity index (χ1) is 19.3. The van der Waals surface area contributed by atoms with Crippen LogP contribution in [-0.2, 0) is 9.59 Å². The van der Waals surface area contributed by atoms with Crippen LogP contribution < -0.4 is 5.32 Å². The van der Waals surface area contributed by atoms with Gasteiger partial charge < -0.3 is 20.4 Å². The molecule has 212 valence electrons. The topological polar surface area (TPSA) is 123 Å². The molecule has 10 heteroatoms. The van der Waals surface area contributed by atoms with Crippen molar-refractivity contribution >= 4 is 40.0 Å². The van der Waals surface area contributed by atoms with Gasteiger partial charge in [0.1, 0.15) is 22.8 Å². The van der Waals surface area contributed by atoms with Crippen molar-refractivity contribution in [3.8, 4) is 17.0 Å². The van der Waals surface area contributed by atoms with Gasteiger partial charge in [-0.1, -0.05) is 43.5 Å². The fraction of sp³-hybridized carbons (Fsp3) is 0.467. The SMILES string of the molecule is C[C@@H](C(=O)N[C@H](C(=O)N1CCC[C@H]1c1nc(-c2ccc(O)c3ccccc23)cs1)C1CCCCC1)N(C)C(=O)O. The van der Waals surface area contributed by atoms with E-state index in [1.807, 2.05) is 40.6 Å². The highest BCUT2D eigenvalue weighted by Gasteiger charge is 2.40. The number of benzene rings is 2. The van der Waals surface area contributed by atoms with Crippen LogP contribution in [0.25, 0.3) is 22.0 Å². The number of nitrogens with zero attached hydrogens (tertiary/aromatic N) is 3. The summed E-state index contributed by atoms with van der Waals surface area (Å²) in [5.74, 6) is -0.328. The van der Waals surface area contributed by atoms with Crippen LogP contribution in [0.3, 0.4) is 0 Å². The zero-order chi connectivity index (χ0) is 28.4. The second-order valence-corrected chi connectivity index (χ2v) is 11.8. The Morgan fingerprint density at radius 2 is 1.77 bits per heavy atom. The van der Waals surface area contributed by atoms with Gasteiger partial charge in [-0.05, 0) is 56.0 Å². The van der Waals surface area contributed by atoms with E-state index in [2.05, 4.69) is 5.32 Å². The van der Waals surface area contributed by atoms with E-state index in [1.54, 1.807) is 6.07 Å². The number of likely N-dealkylation sites (tertiary alicyclic amines) is 1. The molecule has 3 atom stereocenters. The molecule has 0 unspecified atom stereocenters. The predicted octanol–water partition coefficient (Wildman–Crippen LogP) is 5.40. The molecule has 0 bridgehead atoms. The van der Waals surface area contributed by atoms with Crippen LogP contribution in [0.1, 0.15) is 62.9 Å². The number of aromatic hydroxyl groups is 1. The first-order valence-corrected chi connectivity index (χ1v) is 14.9. The smallest absolute Gasteiger partial charge is 0.407 e. The quantitative estimate of drug-likeness (QED) is 0.353. The molecule has 5 rings (SSSR count). The van der Waals surface area contributed by atoms with Crippen LogP contribution in [0, 0.1) is 5.92 Å². The molecule has 1 saturated heterocycles. The standard InChI is InChI=1S/C30H36N4O5S/c1-18(33(2)30(38)39)27(36)32-26(19-9-4-3-5-10-19)29(37)34-16-8-13-24(34)28-31-23(17-40-28)21-14-15-25(35)22-12-7-6-11-20(21)22/h6-7,11-12,14-15,17-19,24,26,35H,3-5,8-10,13,16H2,1-2H3,(H,32,36)(H,38,39)/t18-,24-,26-/m0/s1. The molecule has 9 nitrogen and oxygen atoms in total. The first-order valence-electron chi connectivity index (χ1n) is 14.0. The molecule has 1 aliphatic heterocycles. The summed E-state index contributed by atoms with van der Waals surface area (Å²) in [7, 11) is 1.36. The number of nitrogens with one attached hydrogen (secondary N) is 1. The van der Waals surface area contributed by atoms with E-state index in [0.717, 1.165) is 76.9 Å². The molecule has 3 N–H and O–H groups in total. The van der Waals surface area contributed by atoms with Crippen molar-refractivity contribution in [3.63, 3.8) is 0 Å². The molecule has 0 spiro atoms. The minimum absolute atomic E-state index is 0.0176. The average molecular weight is 565 g/mol. The summed E-state index contributed by atoms with van der Waals surface area (Å²) in [6.45, 7) is 2.12. The summed E-state index contributed by atoms with van der Waals surface area (Å²) >= 11 is 1.52.